The van der Waals surface area contributed by atoms with E-state index in [0.29, 0.717) is 13.1 Å². The van der Waals surface area contributed by atoms with Crippen molar-refractivity contribution < 1.29 is 4.79 Å². The highest BCUT2D eigenvalue weighted by Gasteiger charge is 2.20. The summed E-state index contributed by atoms with van der Waals surface area (Å²) in [5.74, 6) is 0.0432. The summed E-state index contributed by atoms with van der Waals surface area (Å²) in [7, 11) is 1.64. The minimum Gasteiger partial charge on any atom is -0.338 e. The fourth-order valence-corrected chi connectivity index (χ4v) is 2.57. The number of fused-ring (bicyclic) bond motifs is 1. The topological polar surface area (TPSA) is 88.8 Å². The Morgan fingerprint density at radius 2 is 2.33 bits per heavy atom. The molecule has 1 amide bonds. The van der Waals surface area contributed by atoms with Crippen molar-refractivity contribution in [2.24, 2.45) is 7.05 Å². The molecule has 0 atom stereocenters. The molecule has 0 spiro atoms. The molecular formula is C13H18N6O2. The third kappa shape index (κ3) is 2.74. The van der Waals surface area contributed by atoms with Crippen LogP contribution in [0.3, 0.4) is 0 Å². The summed E-state index contributed by atoms with van der Waals surface area (Å²) in [5, 5.41) is 11.0. The first-order valence-corrected chi connectivity index (χ1v) is 7.02. The van der Waals surface area contributed by atoms with Crippen LogP contribution in [0.2, 0.25) is 0 Å². The van der Waals surface area contributed by atoms with Crippen molar-refractivity contribution in [2.75, 3.05) is 6.54 Å². The number of rotatable bonds is 3. The fraction of sp³-hybridized carbons (Fsp3) is 0.538. The quantitative estimate of drug-likeness (QED) is 0.838. The normalized spacial score (nSPS) is 14.8. The third-order valence-corrected chi connectivity index (χ3v) is 3.80. The number of aromatic amines is 1. The molecule has 8 heteroatoms. The van der Waals surface area contributed by atoms with E-state index < -0.39 is 0 Å². The van der Waals surface area contributed by atoms with Crippen molar-refractivity contribution in [3.63, 3.8) is 0 Å². The molecule has 0 bridgehead atoms. The third-order valence-electron chi connectivity index (χ3n) is 3.80. The van der Waals surface area contributed by atoms with Crippen molar-refractivity contribution in [3.05, 3.63) is 34.3 Å². The van der Waals surface area contributed by atoms with E-state index >= 15 is 0 Å². The van der Waals surface area contributed by atoms with Gasteiger partial charge in [-0.15, -0.1) is 0 Å². The largest absolute Gasteiger partial charge is 0.345 e. The van der Waals surface area contributed by atoms with Crippen LogP contribution in [0.5, 0.6) is 0 Å². The first-order chi connectivity index (χ1) is 10.1. The SMILES string of the molecule is Cn1cnn(CCC(=O)N2CCCc3[nH]ncc3C2)c1=O. The second-order valence-corrected chi connectivity index (χ2v) is 5.29. The monoisotopic (exact) mass is 290 g/mol. The van der Waals surface area contributed by atoms with Gasteiger partial charge in [-0.3, -0.25) is 14.5 Å². The Bertz CT molecular complexity index is 698. The van der Waals surface area contributed by atoms with E-state index in [4.69, 9.17) is 0 Å². The number of amides is 1. The summed E-state index contributed by atoms with van der Waals surface area (Å²) >= 11 is 0. The van der Waals surface area contributed by atoms with E-state index in [-0.39, 0.29) is 18.0 Å². The van der Waals surface area contributed by atoms with Crippen molar-refractivity contribution in [1.82, 2.24) is 29.4 Å². The number of aryl methyl sites for hydroxylation is 3. The Kier molecular flexibility index (Phi) is 3.59. The van der Waals surface area contributed by atoms with Gasteiger partial charge in [-0.25, -0.2) is 9.48 Å². The molecule has 2 aromatic heterocycles. The molecule has 3 heterocycles. The van der Waals surface area contributed by atoms with E-state index in [1.165, 1.54) is 15.6 Å². The van der Waals surface area contributed by atoms with Crippen LogP contribution < -0.4 is 5.69 Å². The van der Waals surface area contributed by atoms with E-state index in [0.717, 1.165) is 30.6 Å². The number of nitrogens with zero attached hydrogens (tertiary/aromatic N) is 5. The van der Waals surface area contributed by atoms with Crippen LogP contribution in [-0.4, -0.2) is 41.9 Å². The van der Waals surface area contributed by atoms with Crippen molar-refractivity contribution in [3.8, 4) is 0 Å². The zero-order chi connectivity index (χ0) is 14.8. The average molecular weight is 290 g/mol. The molecule has 0 fully saturated rings. The zero-order valence-corrected chi connectivity index (χ0v) is 11.9. The number of carbonyl (C=O) groups is 1. The lowest BCUT2D eigenvalue weighted by molar-refractivity contribution is -0.132. The summed E-state index contributed by atoms with van der Waals surface area (Å²) < 4.78 is 2.72. The van der Waals surface area contributed by atoms with Crippen LogP contribution in [0.1, 0.15) is 24.1 Å². The maximum Gasteiger partial charge on any atom is 0.345 e. The highest BCUT2D eigenvalue weighted by Crippen LogP contribution is 2.16. The Labute approximate surface area is 121 Å². The van der Waals surface area contributed by atoms with Gasteiger partial charge < -0.3 is 4.90 Å². The molecule has 112 valence electrons. The first-order valence-electron chi connectivity index (χ1n) is 7.02. The second kappa shape index (κ2) is 5.55. The smallest absolute Gasteiger partial charge is 0.338 e. The molecule has 0 unspecified atom stereocenters. The standard InChI is InChI=1S/C13H18N6O2/c1-17-9-15-19(13(17)21)6-4-12(20)18-5-2-3-11-10(8-18)7-14-16-11/h7,9H,2-6,8H2,1H3,(H,14,16). The van der Waals surface area contributed by atoms with Gasteiger partial charge in [0, 0.05) is 37.8 Å². The van der Waals surface area contributed by atoms with Crippen LogP contribution >= 0.6 is 0 Å². The highest BCUT2D eigenvalue weighted by molar-refractivity contribution is 5.76. The summed E-state index contributed by atoms with van der Waals surface area (Å²) in [4.78, 5) is 25.8. The number of nitrogens with one attached hydrogen (secondary N) is 1. The average Bonchev–Trinajstić information content (AvgIpc) is 2.98. The fourth-order valence-electron chi connectivity index (χ4n) is 2.57. The molecule has 21 heavy (non-hydrogen) atoms. The molecule has 2 aromatic rings. The molecule has 1 aliphatic heterocycles. The number of hydrogen-bond acceptors (Lipinski definition) is 4. The van der Waals surface area contributed by atoms with Crippen LogP contribution in [0, 0.1) is 0 Å². The molecule has 1 N–H and O–H groups in total. The lowest BCUT2D eigenvalue weighted by atomic mass is 10.2. The Hall–Kier alpha value is -2.38. The molecule has 3 rings (SSSR count). The van der Waals surface area contributed by atoms with Gasteiger partial charge in [0.2, 0.25) is 5.91 Å². The van der Waals surface area contributed by atoms with Gasteiger partial charge in [-0.2, -0.15) is 10.2 Å². The summed E-state index contributed by atoms with van der Waals surface area (Å²) in [6.45, 7) is 1.63. The Morgan fingerprint density at radius 1 is 1.48 bits per heavy atom. The van der Waals surface area contributed by atoms with E-state index in [1.54, 1.807) is 13.2 Å². The minimum atomic E-state index is -0.198. The van der Waals surface area contributed by atoms with Gasteiger partial charge in [0.25, 0.3) is 0 Å². The van der Waals surface area contributed by atoms with Crippen LogP contribution in [-0.2, 0) is 31.4 Å². The van der Waals surface area contributed by atoms with Crippen molar-refractivity contribution in [2.45, 2.75) is 32.4 Å². The predicted octanol–water partition coefficient (Wildman–Crippen LogP) is -0.330. The van der Waals surface area contributed by atoms with Crippen LogP contribution in [0.4, 0.5) is 0 Å². The molecule has 0 saturated carbocycles. The number of aromatic nitrogens is 5. The molecule has 0 aromatic carbocycles. The van der Waals surface area contributed by atoms with Gasteiger partial charge >= 0.3 is 5.69 Å². The molecule has 1 aliphatic rings. The van der Waals surface area contributed by atoms with E-state index in [1.807, 2.05) is 4.90 Å². The Balaban J connectivity index is 1.63. The predicted molar refractivity (Wildman–Crippen MR) is 74.4 cm³/mol. The lowest BCUT2D eigenvalue weighted by Crippen LogP contribution is -2.32. The maximum atomic E-state index is 12.3. The van der Waals surface area contributed by atoms with Crippen LogP contribution in [0.15, 0.2) is 17.3 Å². The minimum absolute atomic E-state index is 0.0432. The van der Waals surface area contributed by atoms with Crippen molar-refractivity contribution >= 4 is 5.91 Å². The van der Waals surface area contributed by atoms with Gasteiger partial charge in [0.05, 0.1) is 12.7 Å². The molecule has 0 radical (unpaired) electrons. The van der Waals surface area contributed by atoms with Crippen molar-refractivity contribution in [1.29, 1.82) is 0 Å². The highest BCUT2D eigenvalue weighted by atomic mass is 16.2. The summed E-state index contributed by atoms with van der Waals surface area (Å²) in [6, 6.07) is 0. The Morgan fingerprint density at radius 3 is 3.10 bits per heavy atom. The zero-order valence-electron chi connectivity index (χ0n) is 11.9. The van der Waals surface area contributed by atoms with Gasteiger partial charge in [0.1, 0.15) is 6.33 Å². The van der Waals surface area contributed by atoms with Crippen LogP contribution in [0.25, 0.3) is 0 Å². The molecular weight excluding hydrogens is 272 g/mol. The molecule has 8 nitrogen and oxygen atoms in total. The molecule has 0 aliphatic carbocycles. The number of H-pyrrole nitrogens is 1. The van der Waals surface area contributed by atoms with Gasteiger partial charge in [-0.1, -0.05) is 0 Å². The van der Waals surface area contributed by atoms with E-state index in [2.05, 4.69) is 15.3 Å². The maximum absolute atomic E-state index is 12.3. The summed E-state index contributed by atoms with van der Waals surface area (Å²) in [6.07, 6.45) is 5.36. The lowest BCUT2D eigenvalue weighted by Gasteiger charge is -2.20. The van der Waals surface area contributed by atoms with Gasteiger partial charge in [0.15, 0.2) is 0 Å². The number of hydrogen-bond donors (Lipinski definition) is 1. The first kappa shape index (κ1) is 13.6. The van der Waals surface area contributed by atoms with E-state index in [9.17, 15) is 9.59 Å². The van der Waals surface area contributed by atoms with Gasteiger partial charge in [-0.05, 0) is 12.8 Å². The summed E-state index contributed by atoms with van der Waals surface area (Å²) in [5.41, 5.74) is 2.00. The second-order valence-electron chi connectivity index (χ2n) is 5.29. The molecule has 0 saturated heterocycles. The number of carbonyl (C=O) groups excluding carboxylic acids is 1.